The Labute approximate surface area is 156 Å². The molecule has 2 aromatic rings. The molecule has 0 amide bonds. The van der Waals surface area contributed by atoms with Crippen LogP contribution in [-0.4, -0.2) is 34.1 Å². The number of piperidine rings is 1. The molecule has 0 radical (unpaired) electrons. The molecule has 7 heteroatoms. The van der Waals surface area contributed by atoms with E-state index in [2.05, 4.69) is 0 Å². The lowest BCUT2D eigenvalue weighted by Crippen LogP contribution is -2.52. The van der Waals surface area contributed by atoms with E-state index < -0.39 is 22.9 Å². The first-order chi connectivity index (χ1) is 12.7. The van der Waals surface area contributed by atoms with Gasteiger partial charge in [-0.15, -0.1) is 5.06 Å². The van der Waals surface area contributed by atoms with Crippen molar-refractivity contribution in [3.63, 3.8) is 0 Å². The average Bonchev–Trinajstić information content (AvgIpc) is 3.39. The van der Waals surface area contributed by atoms with Gasteiger partial charge in [0.15, 0.2) is 0 Å². The zero-order chi connectivity index (χ0) is 19.3. The van der Waals surface area contributed by atoms with Crippen molar-refractivity contribution >= 4 is 11.5 Å². The van der Waals surface area contributed by atoms with E-state index in [1.165, 1.54) is 15.5 Å². The Morgan fingerprint density at radius 1 is 1.37 bits per heavy atom. The van der Waals surface area contributed by atoms with Crippen LogP contribution in [0.1, 0.15) is 60.0 Å². The smallest absolute Gasteiger partial charge is 0.362 e. The van der Waals surface area contributed by atoms with Gasteiger partial charge in [0.2, 0.25) is 0 Å². The van der Waals surface area contributed by atoms with Crippen LogP contribution in [0.4, 0.5) is 4.39 Å². The lowest BCUT2D eigenvalue weighted by molar-refractivity contribution is -0.132. The maximum absolute atomic E-state index is 13.9. The largest absolute Gasteiger partial charge is 0.364 e. The second-order valence-corrected chi connectivity index (χ2v) is 8.15. The second-order valence-electron chi connectivity index (χ2n) is 8.15. The van der Waals surface area contributed by atoms with E-state index in [1.54, 1.807) is 13.0 Å². The summed E-state index contributed by atoms with van der Waals surface area (Å²) in [5.41, 5.74) is 7.37. The molecular formula is C20H24FN3O3. The summed E-state index contributed by atoms with van der Waals surface area (Å²) in [6.07, 6.45) is 4.80. The van der Waals surface area contributed by atoms with E-state index in [9.17, 15) is 14.0 Å². The summed E-state index contributed by atoms with van der Waals surface area (Å²) in [5, 5.41) is 1.52. The van der Waals surface area contributed by atoms with Crippen LogP contribution >= 0.6 is 0 Å². The molecule has 0 bridgehead atoms. The van der Waals surface area contributed by atoms with Crippen molar-refractivity contribution in [3.05, 3.63) is 51.2 Å². The molecule has 2 fully saturated rings. The van der Waals surface area contributed by atoms with Crippen molar-refractivity contribution in [3.8, 4) is 0 Å². The van der Waals surface area contributed by atoms with Crippen LogP contribution in [-0.2, 0) is 4.84 Å². The number of halogens is 1. The average molecular weight is 373 g/mol. The van der Waals surface area contributed by atoms with Crippen LogP contribution in [0.3, 0.4) is 0 Å². The first kappa shape index (κ1) is 18.1. The van der Waals surface area contributed by atoms with Crippen LogP contribution in [0.25, 0.3) is 5.52 Å². The maximum Gasteiger partial charge on any atom is 0.362 e. The van der Waals surface area contributed by atoms with Gasteiger partial charge in [-0.3, -0.25) is 9.20 Å². The molecule has 0 aromatic carbocycles. The molecule has 1 saturated heterocycles. The van der Waals surface area contributed by atoms with Gasteiger partial charge in [-0.1, -0.05) is 0 Å². The molecule has 1 atom stereocenters. The molecule has 2 aromatic heterocycles. The Morgan fingerprint density at radius 2 is 2.11 bits per heavy atom. The van der Waals surface area contributed by atoms with Gasteiger partial charge in [0.1, 0.15) is 11.4 Å². The number of carbonyl (C=O) groups excluding carboxylic acids is 1. The number of aryl methyl sites for hydroxylation is 1. The number of carbonyl (C=O) groups is 1. The van der Waals surface area contributed by atoms with E-state index in [-0.39, 0.29) is 5.56 Å². The van der Waals surface area contributed by atoms with Gasteiger partial charge in [0, 0.05) is 18.3 Å². The molecular weight excluding hydrogens is 349 g/mol. The summed E-state index contributed by atoms with van der Waals surface area (Å²) in [6.45, 7) is 4.68. The first-order valence-corrected chi connectivity index (χ1v) is 9.37. The van der Waals surface area contributed by atoms with Crippen molar-refractivity contribution < 1.29 is 14.0 Å². The number of nitrogens with zero attached hydrogens (tertiary/aromatic N) is 2. The molecule has 1 aliphatic carbocycles. The number of fused-ring (bicyclic) bond motifs is 1. The highest BCUT2D eigenvalue weighted by Gasteiger charge is 2.32. The fraction of sp³-hybridized carbons (Fsp3) is 0.500. The zero-order valence-corrected chi connectivity index (χ0v) is 15.6. The molecule has 3 heterocycles. The van der Waals surface area contributed by atoms with E-state index in [1.807, 2.05) is 6.92 Å². The van der Waals surface area contributed by atoms with Gasteiger partial charge >= 0.3 is 5.97 Å². The normalized spacial score (nSPS) is 23.6. The molecule has 6 nitrogen and oxygen atoms in total. The van der Waals surface area contributed by atoms with E-state index >= 15 is 0 Å². The predicted molar refractivity (Wildman–Crippen MR) is 99.2 cm³/mol. The van der Waals surface area contributed by atoms with Gasteiger partial charge in [-0.25, -0.2) is 9.18 Å². The number of hydroxylamine groups is 2. The number of pyridine rings is 2. The highest BCUT2D eigenvalue weighted by Crippen LogP contribution is 2.42. The highest BCUT2D eigenvalue weighted by atomic mass is 19.1. The molecule has 4 rings (SSSR count). The molecule has 0 spiro atoms. The van der Waals surface area contributed by atoms with Crippen molar-refractivity contribution in [1.29, 1.82) is 0 Å². The van der Waals surface area contributed by atoms with Crippen molar-refractivity contribution in [2.75, 3.05) is 13.1 Å². The lowest BCUT2D eigenvalue weighted by Gasteiger charge is -2.36. The lowest BCUT2D eigenvalue weighted by atomic mass is 9.94. The number of nitrogens with two attached hydrogens (primary N) is 1. The van der Waals surface area contributed by atoms with E-state index in [0.29, 0.717) is 30.1 Å². The molecule has 27 heavy (non-hydrogen) atoms. The third kappa shape index (κ3) is 3.49. The number of rotatable bonds is 3. The molecule has 1 saturated carbocycles. The Morgan fingerprint density at radius 3 is 2.78 bits per heavy atom. The molecule has 2 aliphatic rings. The van der Waals surface area contributed by atoms with Gasteiger partial charge in [0.25, 0.3) is 5.56 Å². The Kier molecular flexibility index (Phi) is 4.31. The number of hydrogen-bond donors (Lipinski definition) is 1. The Balaban J connectivity index is 1.74. The third-order valence-corrected chi connectivity index (χ3v) is 5.39. The van der Waals surface area contributed by atoms with Crippen LogP contribution in [0.15, 0.2) is 23.1 Å². The molecule has 1 unspecified atom stereocenters. The fourth-order valence-electron chi connectivity index (χ4n) is 3.95. The Hall–Kier alpha value is -2.25. The van der Waals surface area contributed by atoms with E-state index in [4.69, 9.17) is 10.6 Å². The minimum absolute atomic E-state index is 0.0660. The maximum atomic E-state index is 13.9. The van der Waals surface area contributed by atoms with Gasteiger partial charge in [0.05, 0.1) is 12.1 Å². The standard InChI is InChI=1S/C20H24FN3O3/c1-12-8-14(21)10-24-17(12)15(13-4-5-13)9-16(18(24)25)19(26)27-23-7-3-6-20(2,22)11-23/h8-10,13H,3-7,11,22H2,1-2H3. The molecule has 1 aliphatic heterocycles. The zero-order valence-electron chi connectivity index (χ0n) is 15.6. The van der Waals surface area contributed by atoms with Crippen LogP contribution in [0, 0.1) is 12.7 Å². The number of aromatic nitrogens is 1. The Bertz CT molecular complexity index is 979. The minimum atomic E-state index is -0.712. The van der Waals surface area contributed by atoms with Gasteiger partial charge in [-0.2, -0.15) is 0 Å². The monoisotopic (exact) mass is 373 g/mol. The highest BCUT2D eigenvalue weighted by molar-refractivity contribution is 5.90. The topological polar surface area (TPSA) is 77.0 Å². The summed E-state index contributed by atoms with van der Waals surface area (Å²) in [6, 6.07) is 3.04. The third-order valence-electron chi connectivity index (χ3n) is 5.39. The van der Waals surface area contributed by atoms with E-state index in [0.717, 1.165) is 37.4 Å². The van der Waals surface area contributed by atoms with Crippen LogP contribution < -0.4 is 11.3 Å². The van der Waals surface area contributed by atoms with Crippen molar-refractivity contribution in [1.82, 2.24) is 9.46 Å². The molecule has 2 N–H and O–H groups in total. The van der Waals surface area contributed by atoms with Crippen molar-refractivity contribution in [2.45, 2.75) is 51.0 Å². The van der Waals surface area contributed by atoms with Crippen LogP contribution in [0.5, 0.6) is 0 Å². The predicted octanol–water partition coefficient (Wildman–Crippen LogP) is 2.51. The summed E-state index contributed by atoms with van der Waals surface area (Å²) in [7, 11) is 0. The second kappa shape index (κ2) is 6.42. The minimum Gasteiger partial charge on any atom is -0.364 e. The van der Waals surface area contributed by atoms with Crippen LogP contribution in [0.2, 0.25) is 0 Å². The summed E-state index contributed by atoms with van der Waals surface area (Å²) in [4.78, 5) is 31.1. The molecule has 144 valence electrons. The van der Waals surface area contributed by atoms with Crippen molar-refractivity contribution in [2.24, 2.45) is 5.73 Å². The quantitative estimate of drug-likeness (QED) is 0.895. The van der Waals surface area contributed by atoms with Gasteiger partial charge < -0.3 is 10.6 Å². The summed E-state index contributed by atoms with van der Waals surface area (Å²) < 4.78 is 15.2. The summed E-state index contributed by atoms with van der Waals surface area (Å²) in [5.74, 6) is -0.932. The summed E-state index contributed by atoms with van der Waals surface area (Å²) >= 11 is 0. The van der Waals surface area contributed by atoms with Gasteiger partial charge in [-0.05, 0) is 68.7 Å². The SMILES string of the molecule is Cc1cc(F)cn2c(=O)c(C(=O)ON3CCCC(C)(N)C3)cc(C3CC3)c12. The first-order valence-electron chi connectivity index (χ1n) is 9.37. The fourth-order valence-corrected chi connectivity index (χ4v) is 3.95. The number of hydrogen-bond acceptors (Lipinski definition) is 5.